The molecule has 7 nitrogen and oxygen atoms in total. The number of amides is 1. The van der Waals surface area contributed by atoms with Gasteiger partial charge in [-0.2, -0.15) is 0 Å². The first-order chi connectivity index (χ1) is 13.5. The van der Waals surface area contributed by atoms with Crippen molar-refractivity contribution in [2.45, 2.75) is 26.3 Å². The van der Waals surface area contributed by atoms with Gasteiger partial charge >= 0.3 is 6.09 Å². The van der Waals surface area contributed by atoms with E-state index in [2.05, 4.69) is 11.5 Å². The molecular weight excluding hydrogens is 396 g/mol. The van der Waals surface area contributed by atoms with Gasteiger partial charge in [-0.25, -0.2) is 4.79 Å². The number of carbonyl (C=O) groups excluding carboxylic acids is 2. The molecule has 1 atom stereocenters. The van der Waals surface area contributed by atoms with E-state index in [1.54, 1.807) is 18.9 Å². The predicted molar refractivity (Wildman–Crippen MR) is 114 cm³/mol. The van der Waals surface area contributed by atoms with E-state index < -0.39 is 0 Å². The largest absolute Gasteiger partial charge is 0.493 e. The van der Waals surface area contributed by atoms with Gasteiger partial charge in [0.25, 0.3) is 0 Å². The zero-order chi connectivity index (χ0) is 20.5. The second-order valence-electron chi connectivity index (χ2n) is 6.46. The molecule has 1 aromatic rings. The molecule has 1 fully saturated rings. The number of benzene rings is 1. The van der Waals surface area contributed by atoms with Crippen molar-refractivity contribution in [3.63, 3.8) is 0 Å². The predicted octanol–water partition coefficient (Wildman–Crippen LogP) is 3.48. The molecule has 1 saturated heterocycles. The summed E-state index contributed by atoms with van der Waals surface area (Å²) < 4.78 is 16.1. The fourth-order valence-corrected chi connectivity index (χ4v) is 3.33. The summed E-state index contributed by atoms with van der Waals surface area (Å²) in [5, 5.41) is 0. The fraction of sp³-hybridized carbons (Fsp3) is 0.524. The van der Waals surface area contributed by atoms with Crippen molar-refractivity contribution >= 4 is 24.3 Å². The van der Waals surface area contributed by atoms with E-state index in [1.165, 1.54) is 6.08 Å². The molecule has 29 heavy (non-hydrogen) atoms. The molecule has 1 aliphatic rings. The van der Waals surface area contributed by atoms with Gasteiger partial charge in [-0.15, -0.1) is 12.4 Å². The number of allylic oxidation sites excluding steroid dienone is 1. The molecule has 1 aliphatic heterocycles. The summed E-state index contributed by atoms with van der Waals surface area (Å²) in [5.41, 5.74) is 0.972. The zero-order valence-electron chi connectivity index (χ0n) is 17.4. The smallest absolute Gasteiger partial charge is 0.409 e. The summed E-state index contributed by atoms with van der Waals surface area (Å²) in [7, 11) is 1.60. The molecule has 0 unspecified atom stereocenters. The van der Waals surface area contributed by atoms with Gasteiger partial charge in [-0.1, -0.05) is 12.6 Å². The topological polar surface area (TPSA) is 68.3 Å². The molecule has 0 aromatic heterocycles. The number of hydrogen-bond donors (Lipinski definition) is 0. The van der Waals surface area contributed by atoms with Crippen molar-refractivity contribution in [1.29, 1.82) is 0 Å². The van der Waals surface area contributed by atoms with E-state index >= 15 is 0 Å². The molecule has 162 valence electrons. The van der Waals surface area contributed by atoms with E-state index in [0.717, 1.165) is 5.56 Å². The van der Waals surface area contributed by atoms with Crippen molar-refractivity contribution < 1.29 is 23.8 Å². The summed E-state index contributed by atoms with van der Waals surface area (Å²) in [6, 6.07) is 5.63. The van der Waals surface area contributed by atoms with Gasteiger partial charge in [0.05, 0.1) is 20.3 Å². The Morgan fingerprint density at radius 1 is 1.14 bits per heavy atom. The van der Waals surface area contributed by atoms with Crippen LogP contribution in [0.25, 0.3) is 0 Å². The van der Waals surface area contributed by atoms with Crippen molar-refractivity contribution in [3.05, 3.63) is 36.4 Å². The first-order valence-electron chi connectivity index (χ1n) is 9.65. The van der Waals surface area contributed by atoms with Crippen LogP contribution in [0.2, 0.25) is 0 Å². The molecular formula is C21H31ClN2O5. The summed E-state index contributed by atoms with van der Waals surface area (Å²) in [6.45, 7) is 10.7. The number of nitrogens with zero attached hydrogens (tertiary/aromatic N) is 2. The summed E-state index contributed by atoms with van der Waals surface area (Å²) in [4.78, 5) is 28.0. The number of hydrogen-bond acceptors (Lipinski definition) is 6. The van der Waals surface area contributed by atoms with E-state index in [1.807, 2.05) is 25.1 Å². The average Bonchev–Trinajstić information content (AvgIpc) is 2.72. The number of rotatable bonds is 9. The Labute approximate surface area is 179 Å². The van der Waals surface area contributed by atoms with Crippen LogP contribution in [0, 0.1) is 0 Å². The van der Waals surface area contributed by atoms with Gasteiger partial charge in [-0.3, -0.25) is 9.69 Å². The number of ether oxygens (including phenoxy) is 3. The Bertz CT molecular complexity index is 690. The summed E-state index contributed by atoms with van der Waals surface area (Å²) in [5.74, 6) is 1.29. The zero-order valence-corrected chi connectivity index (χ0v) is 18.2. The third kappa shape index (κ3) is 6.65. The lowest BCUT2D eigenvalue weighted by atomic mass is 9.98. The monoisotopic (exact) mass is 426 g/mol. The van der Waals surface area contributed by atoms with Gasteiger partial charge in [0, 0.05) is 38.6 Å². The number of piperazine rings is 1. The lowest BCUT2D eigenvalue weighted by molar-refractivity contribution is -0.116. The lowest BCUT2D eigenvalue weighted by Gasteiger charge is -2.39. The van der Waals surface area contributed by atoms with E-state index in [-0.39, 0.29) is 30.3 Å². The molecule has 0 N–H and O–H groups in total. The van der Waals surface area contributed by atoms with Crippen LogP contribution in [-0.2, 0) is 9.53 Å². The van der Waals surface area contributed by atoms with Gasteiger partial charge in [-0.05, 0) is 37.6 Å². The Morgan fingerprint density at radius 2 is 1.83 bits per heavy atom. The number of ketones is 1. The van der Waals surface area contributed by atoms with Gasteiger partial charge < -0.3 is 19.1 Å². The van der Waals surface area contributed by atoms with Crippen LogP contribution in [0.3, 0.4) is 0 Å². The van der Waals surface area contributed by atoms with Crippen LogP contribution in [0.1, 0.15) is 31.9 Å². The number of carbonyl (C=O) groups is 2. The van der Waals surface area contributed by atoms with Crippen LogP contribution >= 0.6 is 12.4 Å². The molecule has 0 aliphatic carbocycles. The maximum atomic E-state index is 12.1. The van der Waals surface area contributed by atoms with Crippen LogP contribution < -0.4 is 9.47 Å². The minimum atomic E-state index is -0.288. The highest BCUT2D eigenvalue weighted by Gasteiger charge is 2.29. The Hall–Kier alpha value is -2.25. The molecule has 0 bridgehead atoms. The first kappa shape index (κ1) is 24.8. The molecule has 0 radical (unpaired) electrons. The average molecular weight is 427 g/mol. The highest BCUT2D eigenvalue weighted by molar-refractivity contribution is 5.89. The minimum Gasteiger partial charge on any atom is -0.493 e. The van der Waals surface area contributed by atoms with E-state index in [4.69, 9.17) is 14.2 Å². The number of methoxy groups -OCH3 is 1. The molecule has 1 aromatic carbocycles. The molecule has 1 amide bonds. The molecule has 8 heteroatoms. The molecule has 0 saturated carbocycles. The van der Waals surface area contributed by atoms with Crippen LogP contribution in [0.15, 0.2) is 30.9 Å². The Morgan fingerprint density at radius 3 is 2.38 bits per heavy atom. The third-order valence-electron chi connectivity index (χ3n) is 4.78. The second-order valence-corrected chi connectivity index (χ2v) is 6.46. The van der Waals surface area contributed by atoms with Crippen LogP contribution in [-0.4, -0.2) is 68.2 Å². The minimum absolute atomic E-state index is 0. The van der Waals surface area contributed by atoms with Gasteiger partial charge in [0.1, 0.15) is 0 Å². The fourth-order valence-electron chi connectivity index (χ4n) is 3.33. The molecule has 1 heterocycles. The van der Waals surface area contributed by atoms with Gasteiger partial charge in [0.15, 0.2) is 17.3 Å². The van der Waals surface area contributed by atoms with Crippen molar-refractivity contribution in [1.82, 2.24) is 9.80 Å². The highest BCUT2D eigenvalue weighted by atomic mass is 35.5. The quantitative estimate of drug-likeness (QED) is 0.563. The third-order valence-corrected chi connectivity index (χ3v) is 4.78. The molecule has 2 rings (SSSR count). The standard InChI is InChI=1S/C21H30N2O5.ClH/c1-5-17(24)15-18(16-8-9-19(27-6-2)20(14-16)26-4)22-10-12-23(13-11-22)21(25)28-7-3;/h5,8-9,14,18H,1,6-7,10-13,15H2,2-4H3;1H/t18-;/m0./s1. The van der Waals surface area contributed by atoms with Gasteiger partial charge in [0.2, 0.25) is 0 Å². The normalized spacial score (nSPS) is 15.1. The summed E-state index contributed by atoms with van der Waals surface area (Å²) in [6.07, 6.45) is 1.39. The lowest BCUT2D eigenvalue weighted by Crippen LogP contribution is -2.50. The SMILES string of the molecule is C=CC(=O)C[C@@H](c1ccc(OCC)c(OC)c1)N1CCN(C(=O)OCC)CC1.Cl. The van der Waals surface area contributed by atoms with Crippen molar-refractivity contribution in [2.24, 2.45) is 0 Å². The highest BCUT2D eigenvalue weighted by Crippen LogP contribution is 2.34. The van der Waals surface area contributed by atoms with Crippen molar-refractivity contribution in [2.75, 3.05) is 46.5 Å². The maximum Gasteiger partial charge on any atom is 0.409 e. The Kier molecular flexibility index (Phi) is 10.5. The Balaban J connectivity index is 0.00000420. The van der Waals surface area contributed by atoms with E-state index in [0.29, 0.717) is 57.3 Å². The van der Waals surface area contributed by atoms with Crippen LogP contribution in [0.4, 0.5) is 4.79 Å². The number of halogens is 1. The second kappa shape index (κ2) is 12.3. The molecule has 0 spiro atoms. The van der Waals surface area contributed by atoms with E-state index in [9.17, 15) is 9.59 Å². The summed E-state index contributed by atoms with van der Waals surface area (Å²) >= 11 is 0. The maximum absolute atomic E-state index is 12.1. The first-order valence-corrected chi connectivity index (χ1v) is 9.65. The van der Waals surface area contributed by atoms with Crippen LogP contribution in [0.5, 0.6) is 11.5 Å². The van der Waals surface area contributed by atoms with Crippen molar-refractivity contribution in [3.8, 4) is 11.5 Å².